The van der Waals surface area contributed by atoms with Gasteiger partial charge in [0.25, 0.3) is 5.69 Å². The van der Waals surface area contributed by atoms with Gasteiger partial charge >= 0.3 is 5.97 Å². The molecule has 0 aromatic heterocycles. The van der Waals surface area contributed by atoms with Crippen LogP contribution in [0.1, 0.15) is 15.9 Å². The SMILES string of the molecule is CN(Cc1ccccc1)c1cc(C(=O)O)ccc1[N+](=O)[O-]. The van der Waals surface area contributed by atoms with Gasteiger partial charge in [-0.1, -0.05) is 30.3 Å². The molecule has 0 aliphatic heterocycles. The fraction of sp³-hybridized carbons (Fsp3) is 0.133. The maximum atomic E-state index is 11.1. The van der Waals surface area contributed by atoms with Crippen LogP contribution in [0.25, 0.3) is 0 Å². The molecule has 108 valence electrons. The summed E-state index contributed by atoms with van der Waals surface area (Å²) in [4.78, 5) is 23.3. The van der Waals surface area contributed by atoms with Gasteiger partial charge in [0.2, 0.25) is 0 Å². The lowest BCUT2D eigenvalue weighted by atomic mass is 10.1. The van der Waals surface area contributed by atoms with E-state index in [1.54, 1.807) is 11.9 Å². The van der Waals surface area contributed by atoms with E-state index in [0.29, 0.717) is 6.54 Å². The van der Waals surface area contributed by atoms with Crippen LogP contribution in [0.3, 0.4) is 0 Å². The van der Waals surface area contributed by atoms with Crippen LogP contribution in [-0.4, -0.2) is 23.0 Å². The fourth-order valence-electron chi connectivity index (χ4n) is 2.06. The van der Waals surface area contributed by atoms with Crippen molar-refractivity contribution in [3.8, 4) is 0 Å². The lowest BCUT2D eigenvalue weighted by Gasteiger charge is -2.19. The predicted octanol–water partition coefficient (Wildman–Crippen LogP) is 2.93. The monoisotopic (exact) mass is 286 g/mol. The van der Waals surface area contributed by atoms with Crippen LogP contribution >= 0.6 is 0 Å². The van der Waals surface area contributed by atoms with Gasteiger partial charge in [-0.3, -0.25) is 10.1 Å². The Morgan fingerprint density at radius 3 is 2.48 bits per heavy atom. The second-order valence-electron chi connectivity index (χ2n) is 4.61. The third kappa shape index (κ3) is 3.36. The average molecular weight is 286 g/mol. The number of benzene rings is 2. The van der Waals surface area contributed by atoms with Gasteiger partial charge in [-0.2, -0.15) is 0 Å². The van der Waals surface area contributed by atoms with Crippen molar-refractivity contribution in [2.24, 2.45) is 0 Å². The number of carboxylic acids is 1. The number of hydrogen-bond acceptors (Lipinski definition) is 4. The Morgan fingerprint density at radius 1 is 1.24 bits per heavy atom. The van der Waals surface area contributed by atoms with E-state index in [1.165, 1.54) is 18.2 Å². The van der Waals surface area contributed by atoms with Gasteiger partial charge < -0.3 is 10.0 Å². The number of carboxylic acid groups (broad SMARTS) is 1. The number of aromatic carboxylic acids is 1. The van der Waals surface area contributed by atoms with Crippen LogP contribution in [0.15, 0.2) is 48.5 Å². The minimum Gasteiger partial charge on any atom is -0.478 e. The molecule has 0 amide bonds. The van der Waals surface area contributed by atoms with Crippen molar-refractivity contribution in [1.29, 1.82) is 0 Å². The quantitative estimate of drug-likeness (QED) is 0.675. The summed E-state index contributed by atoms with van der Waals surface area (Å²) in [5, 5.41) is 20.1. The van der Waals surface area contributed by atoms with E-state index < -0.39 is 10.9 Å². The molecule has 21 heavy (non-hydrogen) atoms. The van der Waals surface area contributed by atoms with Crippen molar-refractivity contribution in [1.82, 2.24) is 0 Å². The zero-order valence-electron chi connectivity index (χ0n) is 11.4. The van der Waals surface area contributed by atoms with Crippen LogP contribution in [0.2, 0.25) is 0 Å². The summed E-state index contributed by atoms with van der Waals surface area (Å²) in [6, 6.07) is 13.2. The minimum atomic E-state index is -1.11. The Morgan fingerprint density at radius 2 is 1.90 bits per heavy atom. The lowest BCUT2D eigenvalue weighted by Crippen LogP contribution is -2.18. The molecule has 0 unspecified atom stereocenters. The molecule has 2 aromatic rings. The molecule has 0 saturated carbocycles. The first-order chi connectivity index (χ1) is 9.99. The van der Waals surface area contributed by atoms with Crippen molar-refractivity contribution in [3.63, 3.8) is 0 Å². The minimum absolute atomic E-state index is 0.0236. The number of nitro groups is 1. The molecule has 0 spiro atoms. The summed E-state index contributed by atoms with van der Waals surface area (Å²) < 4.78 is 0. The smallest absolute Gasteiger partial charge is 0.335 e. The fourth-order valence-corrected chi connectivity index (χ4v) is 2.06. The molecular formula is C15H14N2O4. The van der Waals surface area contributed by atoms with Gasteiger partial charge in [-0.05, 0) is 17.7 Å². The summed E-state index contributed by atoms with van der Waals surface area (Å²) in [5.74, 6) is -1.11. The van der Waals surface area contributed by atoms with Gasteiger partial charge in [0.15, 0.2) is 0 Å². The summed E-state index contributed by atoms with van der Waals surface area (Å²) >= 11 is 0. The summed E-state index contributed by atoms with van der Waals surface area (Å²) in [5.41, 5.74) is 1.17. The van der Waals surface area contributed by atoms with E-state index in [9.17, 15) is 14.9 Å². The molecule has 0 heterocycles. The molecular weight excluding hydrogens is 272 g/mol. The van der Waals surface area contributed by atoms with Crippen molar-refractivity contribution in [2.75, 3.05) is 11.9 Å². The van der Waals surface area contributed by atoms with Gasteiger partial charge in [-0.15, -0.1) is 0 Å². The maximum Gasteiger partial charge on any atom is 0.335 e. The molecule has 6 nitrogen and oxygen atoms in total. The molecule has 0 aliphatic carbocycles. The van der Waals surface area contributed by atoms with Crippen molar-refractivity contribution in [2.45, 2.75) is 6.54 Å². The highest BCUT2D eigenvalue weighted by molar-refractivity contribution is 5.90. The molecule has 0 fully saturated rings. The van der Waals surface area contributed by atoms with Gasteiger partial charge in [-0.25, -0.2) is 4.79 Å². The number of rotatable bonds is 5. The average Bonchev–Trinajstić information content (AvgIpc) is 2.47. The number of nitrogens with zero attached hydrogens (tertiary/aromatic N) is 2. The number of carbonyl (C=O) groups is 1. The summed E-state index contributed by atoms with van der Waals surface area (Å²) in [6.07, 6.45) is 0. The van der Waals surface area contributed by atoms with Crippen molar-refractivity contribution < 1.29 is 14.8 Å². The standard InChI is InChI=1S/C15H14N2O4/c1-16(10-11-5-3-2-4-6-11)14-9-12(15(18)19)7-8-13(14)17(20)21/h2-9H,10H2,1H3,(H,18,19). The highest BCUT2D eigenvalue weighted by atomic mass is 16.6. The van der Waals surface area contributed by atoms with Crippen LogP contribution < -0.4 is 4.90 Å². The maximum absolute atomic E-state index is 11.1. The Bertz CT molecular complexity index is 671. The summed E-state index contributed by atoms with van der Waals surface area (Å²) in [7, 11) is 1.70. The van der Waals surface area contributed by atoms with Gasteiger partial charge in [0.1, 0.15) is 5.69 Å². The van der Waals surface area contributed by atoms with Gasteiger partial charge in [0, 0.05) is 19.7 Å². The lowest BCUT2D eigenvalue weighted by molar-refractivity contribution is -0.384. The van der Waals surface area contributed by atoms with E-state index in [0.717, 1.165) is 5.56 Å². The van der Waals surface area contributed by atoms with Crippen LogP contribution in [0.5, 0.6) is 0 Å². The Labute approximate surface area is 121 Å². The Hall–Kier alpha value is -2.89. The summed E-state index contributed by atoms with van der Waals surface area (Å²) in [6.45, 7) is 0.449. The zero-order chi connectivity index (χ0) is 15.4. The van der Waals surface area contributed by atoms with Crippen LogP contribution in [0.4, 0.5) is 11.4 Å². The second-order valence-corrected chi connectivity index (χ2v) is 4.61. The zero-order valence-corrected chi connectivity index (χ0v) is 11.4. The normalized spacial score (nSPS) is 10.1. The third-order valence-electron chi connectivity index (χ3n) is 3.09. The first-order valence-electron chi connectivity index (χ1n) is 6.26. The van der Waals surface area contributed by atoms with E-state index >= 15 is 0 Å². The highest BCUT2D eigenvalue weighted by Gasteiger charge is 2.19. The first kappa shape index (κ1) is 14.5. The van der Waals surface area contributed by atoms with E-state index in [2.05, 4.69) is 0 Å². The van der Waals surface area contributed by atoms with E-state index in [-0.39, 0.29) is 16.9 Å². The largest absolute Gasteiger partial charge is 0.478 e. The van der Waals surface area contributed by atoms with E-state index in [1.807, 2.05) is 30.3 Å². The molecule has 2 rings (SSSR count). The molecule has 0 radical (unpaired) electrons. The number of nitro benzene ring substituents is 1. The number of hydrogen-bond donors (Lipinski definition) is 1. The second kappa shape index (κ2) is 6.04. The highest BCUT2D eigenvalue weighted by Crippen LogP contribution is 2.29. The van der Waals surface area contributed by atoms with E-state index in [4.69, 9.17) is 5.11 Å². The van der Waals surface area contributed by atoms with Gasteiger partial charge in [0.05, 0.1) is 10.5 Å². The van der Waals surface area contributed by atoms with Crippen LogP contribution in [-0.2, 0) is 6.54 Å². The van der Waals surface area contributed by atoms with Crippen molar-refractivity contribution in [3.05, 3.63) is 69.8 Å². The van der Waals surface area contributed by atoms with Crippen LogP contribution in [0, 0.1) is 10.1 Å². The molecule has 6 heteroatoms. The molecule has 0 atom stereocenters. The molecule has 1 N–H and O–H groups in total. The first-order valence-corrected chi connectivity index (χ1v) is 6.26. The van der Waals surface area contributed by atoms with Crippen molar-refractivity contribution >= 4 is 17.3 Å². The number of anilines is 1. The predicted molar refractivity (Wildman–Crippen MR) is 78.6 cm³/mol. The third-order valence-corrected chi connectivity index (χ3v) is 3.09. The topological polar surface area (TPSA) is 83.7 Å². The Kier molecular flexibility index (Phi) is 4.18. The molecule has 0 aliphatic rings. The molecule has 0 saturated heterocycles. The Balaban J connectivity index is 2.37. The molecule has 2 aromatic carbocycles. The molecule has 0 bridgehead atoms.